The summed E-state index contributed by atoms with van der Waals surface area (Å²) in [6, 6.07) is 0.457. The summed E-state index contributed by atoms with van der Waals surface area (Å²) in [6.07, 6.45) is -0.257. The zero-order valence-corrected chi connectivity index (χ0v) is 7.48. The fourth-order valence-corrected chi connectivity index (χ4v) is 0.655. The molecule has 1 unspecified atom stereocenters. The number of rotatable bonds is 4. The predicted octanol–water partition coefficient (Wildman–Crippen LogP) is 0.740. The van der Waals surface area contributed by atoms with E-state index in [2.05, 4.69) is 35.1 Å². The van der Waals surface area contributed by atoms with Crippen molar-refractivity contribution in [2.75, 3.05) is 11.9 Å². The van der Waals surface area contributed by atoms with E-state index in [0.717, 1.165) is 0 Å². The summed E-state index contributed by atoms with van der Waals surface area (Å²) in [4.78, 5) is 0. The molecule has 2 nitrogen and oxygen atoms in total. The number of hydrogen-bond acceptors (Lipinski definition) is 2. The molecule has 0 aliphatic rings. The van der Waals surface area contributed by atoms with Gasteiger partial charge in [-0.25, -0.2) is 0 Å². The quantitative estimate of drug-likeness (QED) is 0.650. The first kappa shape index (κ1) is 9.40. The van der Waals surface area contributed by atoms with Crippen molar-refractivity contribution >= 4 is 15.9 Å². The Morgan fingerprint density at radius 2 is 2.11 bits per heavy atom. The first-order valence-corrected chi connectivity index (χ1v) is 4.26. The molecule has 0 aliphatic heterocycles. The fraction of sp³-hybridized carbons (Fsp3) is 1.00. The number of halogens is 1. The maximum atomic E-state index is 9.00. The van der Waals surface area contributed by atoms with Gasteiger partial charge >= 0.3 is 0 Å². The van der Waals surface area contributed by atoms with Gasteiger partial charge in [0.15, 0.2) is 0 Å². The Balaban J connectivity index is 3.06. The number of alkyl halides is 1. The lowest BCUT2D eigenvalue weighted by Gasteiger charge is -2.10. The van der Waals surface area contributed by atoms with E-state index in [0.29, 0.717) is 17.9 Å². The minimum atomic E-state index is -0.257. The lowest BCUT2D eigenvalue weighted by atomic mass is 10.3. The van der Waals surface area contributed by atoms with Crippen molar-refractivity contribution in [2.45, 2.75) is 26.0 Å². The summed E-state index contributed by atoms with van der Waals surface area (Å²) >= 11 is 3.17. The van der Waals surface area contributed by atoms with Gasteiger partial charge in [0.05, 0.1) is 6.10 Å². The van der Waals surface area contributed by atoms with E-state index in [1.54, 1.807) is 0 Å². The highest BCUT2D eigenvalue weighted by molar-refractivity contribution is 9.09. The van der Waals surface area contributed by atoms with Crippen molar-refractivity contribution in [3.8, 4) is 0 Å². The lowest BCUT2D eigenvalue weighted by molar-refractivity contribution is 0.194. The van der Waals surface area contributed by atoms with Gasteiger partial charge in [-0.05, 0) is 0 Å². The van der Waals surface area contributed by atoms with Gasteiger partial charge in [-0.1, -0.05) is 29.8 Å². The highest BCUT2D eigenvalue weighted by Gasteiger charge is 2.00. The molecule has 0 radical (unpaired) electrons. The zero-order valence-electron chi connectivity index (χ0n) is 5.89. The molecule has 0 saturated carbocycles. The largest absolute Gasteiger partial charge is 0.391 e. The van der Waals surface area contributed by atoms with Crippen LogP contribution >= 0.6 is 15.9 Å². The first-order valence-electron chi connectivity index (χ1n) is 3.14. The molecular weight excluding hydrogens is 182 g/mol. The molecule has 0 amide bonds. The van der Waals surface area contributed by atoms with Crippen molar-refractivity contribution in [3.05, 3.63) is 0 Å². The number of nitrogens with one attached hydrogen (secondary N) is 1. The molecule has 0 aliphatic carbocycles. The highest BCUT2D eigenvalue weighted by Crippen LogP contribution is 1.88. The molecule has 0 aromatic carbocycles. The van der Waals surface area contributed by atoms with Crippen LogP contribution in [0, 0.1) is 0 Å². The Kier molecular flexibility index (Phi) is 5.44. The third kappa shape index (κ3) is 6.28. The topological polar surface area (TPSA) is 32.3 Å². The molecule has 9 heavy (non-hydrogen) atoms. The SMILES string of the molecule is CC(C)NCC(O)CBr. The summed E-state index contributed by atoms with van der Waals surface area (Å²) in [6.45, 7) is 4.78. The second kappa shape index (κ2) is 5.21. The van der Waals surface area contributed by atoms with Crippen molar-refractivity contribution in [1.29, 1.82) is 0 Å². The van der Waals surface area contributed by atoms with Crippen molar-refractivity contribution < 1.29 is 5.11 Å². The Bertz CT molecular complexity index is 68.1. The molecule has 0 heterocycles. The molecule has 1 atom stereocenters. The number of hydrogen-bond donors (Lipinski definition) is 2. The number of aliphatic hydroxyl groups excluding tert-OH is 1. The maximum absolute atomic E-state index is 9.00. The Morgan fingerprint density at radius 3 is 2.44 bits per heavy atom. The fourth-order valence-electron chi connectivity index (χ4n) is 0.426. The van der Waals surface area contributed by atoms with Gasteiger partial charge in [0.25, 0.3) is 0 Å². The zero-order chi connectivity index (χ0) is 7.28. The van der Waals surface area contributed by atoms with Crippen molar-refractivity contribution in [2.24, 2.45) is 0 Å². The smallest absolute Gasteiger partial charge is 0.0761 e. The van der Waals surface area contributed by atoms with Crippen LogP contribution in [0.5, 0.6) is 0 Å². The van der Waals surface area contributed by atoms with Crippen molar-refractivity contribution in [3.63, 3.8) is 0 Å². The van der Waals surface area contributed by atoms with Gasteiger partial charge in [0, 0.05) is 17.9 Å². The summed E-state index contributed by atoms with van der Waals surface area (Å²) < 4.78 is 0. The van der Waals surface area contributed by atoms with Crippen LogP contribution in [0.3, 0.4) is 0 Å². The molecule has 0 aromatic heterocycles. The second-order valence-corrected chi connectivity index (χ2v) is 3.02. The summed E-state index contributed by atoms with van der Waals surface area (Å²) in [5.41, 5.74) is 0. The molecule has 3 heteroatoms. The third-order valence-corrected chi connectivity index (χ3v) is 1.69. The molecule has 0 fully saturated rings. The molecule has 0 rings (SSSR count). The van der Waals surface area contributed by atoms with Crippen LogP contribution in [0.1, 0.15) is 13.8 Å². The third-order valence-electron chi connectivity index (χ3n) is 0.940. The van der Waals surface area contributed by atoms with Gasteiger partial charge in [-0.3, -0.25) is 0 Å². The van der Waals surface area contributed by atoms with Crippen LogP contribution in [0.25, 0.3) is 0 Å². The minimum Gasteiger partial charge on any atom is -0.391 e. The monoisotopic (exact) mass is 195 g/mol. The van der Waals surface area contributed by atoms with E-state index in [4.69, 9.17) is 5.11 Å². The molecule has 2 N–H and O–H groups in total. The van der Waals surface area contributed by atoms with E-state index in [1.165, 1.54) is 0 Å². The minimum absolute atomic E-state index is 0.257. The summed E-state index contributed by atoms with van der Waals surface area (Å²) in [5.74, 6) is 0. The Morgan fingerprint density at radius 1 is 1.56 bits per heavy atom. The standard InChI is InChI=1S/C6H14BrNO/c1-5(2)8-4-6(9)3-7/h5-6,8-9H,3-4H2,1-2H3. The molecular formula is C6H14BrNO. The summed E-state index contributed by atoms with van der Waals surface area (Å²) in [5, 5.41) is 12.8. The molecule has 0 saturated heterocycles. The average molecular weight is 196 g/mol. The number of aliphatic hydroxyl groups is 1. The van der Waals surface area contributed by atoms with Gasteiger partial charge < -0.3 is 10.4 Å². The summed E-state index contributed by atoms with van der Waals surface area (Å²) in [7, 11) is 0. The van der Waals surface area contributed by atoms with Crippen molar-refractivity contribution in [1.82, 2.24) is 5.32 Å². The molecule has 0 bridgehead atoms. The van der Waals surface area contributed by atoms with Crippen LogP contribution in [0.2, 0.25) is 0 Å². The van der Waals surface area contributed by atoms with Gasteiger partial charge in [-0.2, -0.15) is 0 Å². The Hall–Kier alpha value is 0.400. The average Bonchev–Trinajstić information content (AvgIpc) is 1.83. The normalized spacial score (nSPS) is 14.3. The van der Waals surface area contributed by atoms with E-state index >= 15 is 0 Å². The molecule has 56 valence electrons. The molecule has 0 spiro atoms. The van der Waals surface area contributed by atoms with Gasteiger partial charge in [0.2, 0.25) is 0 Å². The maximum Gasteiger partial charge on any atom is 0.0761 e. The van der Waals surface area contributed by atoms with Crippen LogP contribution in [0.4, 0.5) is 0 Å². The van der Waals surface area contributed by atoms with Crippen LogP contribution in [-0.4, -0.2) is 29.1 Å². The van der Waals surface area contributed by atoms with Crippen LogP contribution in [0.15, 0.2) is 0 Å². The predicted molar refractivity (Wildman–Crippen MR) is 42.9 cm³/mol. The highest BCUT2D eigenvalue weighted by atomic mass is 79.9. The Labute approximate surface area is 64.8 Å². The van der Waals surface area contributed by atoms with E-state index in [9.17, 15) is 0 Å². The second-order valence-electron chi connectivity index (χ2n) is 2.37. The lowest BCUT2D eigenvalue weighted by Crippen LogP contribution is -2.32. The van der Waals surface area contributed by atoms with E-state index in [1.807, 2.05) is 0 Å². The van der Waals surface area contributed by atoms with E-state index < -0.39 is 0 Å². The van der Waals surface area contributed by atoms with Gasteiger partial charge in [0.1, 0.15) is 0 Å². The van der Waals surface area contributed by atoms with E-state index in [-0.39, 0.29) is 6.10 Å². The van der Waals surface area contributed by atoms with Crippen LogP contribution < -0.4 is 5.32 Å². The van der Waals surface area contributed by atoms with Gasteiger partial charge in [-0.15, -0.1) is 0 Å². The van der Waals surface area contributed by atoms with Crippen LogP contribution in [-0.2, 0) is 0 Å². The molecule has 0 aromatic rings. The first-order chi connectivity index (χ1) is 4.16.